The smallest absolute Gasteiger partial charge is 0.191 e. The van der Waals surface area contributed by atoms with Gasteiger partial charge in [0.1, 0.15) is 5.75 Å². The fourth-order valence-corrected chi connectivity index (χ4v) is 3.00. The molecule has 0 saturated heterocycles. The van der Waals surface area contributed by atoms with Crippen molar-refractivity contribution in [2.75, 3.05) is 20.2 Å². The number of methoxy groups -OCH3 is 1. The van der Waals surface area contributed by atoms with E-state index in [4.69, 9.17) is 4.74 Å². The van der Waals surface area contributed by atoms with Gasteiger partial charge in [-0.15, -0.1) is 11.3 Å². The van der Waals surface area contributed by atoms with Crippen molar-refractivity contribution < 1.29 is 4.74 Å². The summed E-state index contributed by atoms with van der Waals surface area (Å²) in [4.78, 5) is 9.22. The molecule has 1 heterocycles. The summed E-state index contributed by atoms with van der Waals surface area (Å²) in [6.45, 7) is 6.47. The van der Waals surface area contributed by atoms with Crippen LogP contribution in [0.1, 0.15) is 30.1 Å². The number of thiazole rings is 1. The standard InChI is InChI=1S/C18H26N4OS/c1-4-17-22-15(13-24-17)9-10-20-18(19-5-2)21-12-14-7-6-8-16(11-14)23-3/h6-8,11,13H,4-5,9-10,12H2,1-3H3,(H2,19,20,21). The van der Waals surface area contributed by atoms with Crippen molar-refractivity contribution in [1.82, 2.24) is 15.6 Å². The molecule has 0 saturated carbocycles. The number of nitrogens with zero attached hydrogens (tertiary/aromatic N) is 2. The average Bonchev–Trinajstić information content (AvgIpc) is 3.08. The quantitative estimate of drug-likeness (QED) is 0.570. The summed E-state index contributed by atoms with van der Waals surface area (Å²) in [7, 11) is 1.68. The highest BCUT2D eigenvalue weighted by molar-refractivity contribution is 7.09. The first-order valence-electron chi connectivity index (χ1n) is 8.33. The Morgan fingerprint density at radius 1 is 1.29 bits per heavy atom. The van der Waals surface area contributed by atoms with Gasteiger partial charge in [-0.3, -0.25) is 0 Å². The number of aromatic nitrogens is 1. The number of hydrogen-bond acceptors (Lipinski definition) is 4. The first kappa shape index (κ1) is 18.3. The SMILES string of the molecule is CCNC(=NCc1cccc(OC)c1)NCCc1csc(CC)n1. The van der Waals surface area contributed by atoms with Gasteiger partial charge >= 0.3 is 0 Å². The maximum Gasteiger partial charge on any atom is 0.191 e. The van der Waals surface area contributed by atoms with Crippen LogP contribution in [0.4, 0.5) is 0 Å². The molecule has 0 amide bonds. The zero-order chi connectivity index (χ0) is 17.2. The third-order valence-electron chi connectivity index (χ3n) is 3.47. The minimum atomic E-state index is 0.614. The van der Waals surface area contributed by atoms with E-state index in [0.717, 1.165) is 48.9 Å². The van der Waals surface area contributed by atoms with E-state index in [9.17, 15) is 0 Å². The number of rotatable bonds is 8. The maximum atomic E-state index is 5.25. The van der Waals surface area contributed by atoms with E-state index >= 15 is 0 Å². The Morgan fingerprint density at radius 3 is 2.88 bits per heavy atom. The van der Waals surface area contributed by atoms with Gasteiger partial charge in [-0.25, -0.2) is 9.98 Å². The van der Waals surface area contributed by atoms with Crippen LogP contribution in [-0.2, 0) is 19.4 Å². The van der Waals surface area contributed by atoms with Crippen molar-refractivity contribution in [3.63, 3.8) is 0 Å². The Bertz CT molecular complexity index is 654. The topological polar surface area (TPSA) is 58.5 Å². The number of nitrogens with one attached hydrogen (secondary N) is 2. The van der Waals surface area contributed by atoms with Crippen molar-refractivity contribution in [2.45, 2.75) is 33.2 Å². The minimum Gasteiger partial charge on any atom is -0.497 e. The summed E-state index contributed by atoms with van der Waals surface area (Å²) >= 11 is 1.73. The molecule has 0 unspecified atom stereocenters. The number of ether oxygens (including phenoxy) is 1. The number of aliphatic imine (C=N–C) groups is 1. The molecule has 0 spiro atoms. The van der Waals surface area contributed by atoms with E-state index < -0.39 is 0 Å². The Hall–Kier alpha value is -2.08. The van der Waals surface area contributed by atoms with E-state index in [2.05, 4.69) is 45.9 Å². The lowest BCUT2D eigenvalue weighted by Gasteiger charge is -2.11. The van der Waals surface area contributed by atoms with Gasteiger partial charge < -0.3 is 15.4 Å². The van der Waals surface area contributed by atoms with E-state index in [1.165, 1.54) is 5.01 Å². The van der Waals surface area contributed by atoms with Crippen molar-refractivity contribution >= 4 is 17.3 Å². The Balaban J connectivity index is 1.87. The molecule has 0 fully saturated rings. The lowest BCUT2D eigenvalue weighted by atomic mass is 10.2. The molecule has 2 N–H and O–H groups in total. The van der Waals surface area contributed by atoms with Crippen LogP contribution in [0.2, 0.25) is 0 Å². The number of benzene rings is 1. The molecule has 130 valence electrons. The van der Waals surface area contributed by atoms with Crippen molar-refractivity contribution in [3.05, 3.63) is 45.9 Å². The fraction of sp³-hybridized carbons (Fsp3) is 0.444. The predicted octanol–water partition coefficient (Wildman–Crippen LogP) is 3.01. The van der Waals surface area contributed by atoms with Crippen LogP contribution in [0.5, 0.6) is 5.75 Å². The Morgan fingerprint density at radius 2 is 2.17 bits per heavy atom. The molecule has 0 bridgehead atoms. The molecule has 0 aliphatic heterocycles. The largest absolute Gasteiger partial charge is 0.497 e. The van der Waals surface area contributed by atoms with Crippen molar-refractivity contribution in [2.24, 2.45) is 4.99 Å². The number of aryl methyl sites for hydroxylation is 1. The van der Waals surface area contributed by atoms with E-state index in [1.54, 1.807) is 18.4 Å². The maximum absolute atomic E-state index is 5.25. The average molecular weight is 347 g/mol. The molecular weight excluding hydrogens is 320 g/mol. The summed E-state index contributed by atoms with van der Waals surface area (Å²) in [5.74, 6) is 1.68. The second kappa shape index (κ2) is 9.93. The molecule has 0 aliphatic rings. The zero-order valence-corrected chi connectivity index (χ0v) is 15.4. The zero-order valence-electron chi connectivity index (χ0n) is 14.6. The second-order valence-corrected chi connectivity index (χ2v) is 6.25. The monoisotopic (exact) mass is 346 g/mol. The van der Waals surface area contributed by atoms with Crippen LogP contribution in [-0.4, -0.2) is 31.1 Å². The first-order valence-corrected chi connectivity index (χ1v) is 9.21. The highest BCUT2D eigenvalue weighted by atomic mass is 32.1. The van der Waals surface area contributed by atoms with Gasteiger partial charge in [0, 0.05) is 24.9 Å². The molecule has 1 aromatic carbocycles. The minimum absolute atomic E-state index is 0.614. The summed E-state index contributed by atoms with van der Waals surface area (Å²) < 4.78 is 5.25. The Kier molecular flexibility index (Phi) is 7.55. The van der Waals surface area contributed by atoms with Crippen LogP contribution < -0.4 is 15.4 Å². The van der Waals surface area contributed by atoms with Gasteiger partial charge in [0.2, 0.25) is 0 Å². The second-order valence-electron chi connectivity index (χ2n) is 5.31. The van der Waals surface area contributed by atoms with Gasteiger partial charge in [0.05, 0.1) is 24.4 Å². The van der Waals surface area contributed by atoms with Gasteiger partial charge in [-0.2, -0.15) is 0 Å². The highest BCUT2D eigenvalue weighted by Crippen LogP contribution is 2.13. The summed E-state index contributed by atoms with van der Waals surface area (Å²) in [5, 5.41) is 9.98. The summed E-state index contributed by atoms with van der Waals surface area (Å²) in [6.07, 6.45) is 1.91. The van der Waals surface area contributed by atoms with Crippen molar-refractivity contribution in [1.29, 1.82) is 0 Å². The van der Waals surface area contributed by atoms with Crippen LogP contribution in [0.15, 0.2) is 34.6 Å². The van der Waals surface area contributed by atoms with Gasteiger partial charge in [0.25, 0.3) is 0 Å². The number of guanidine groups is 1. The summed E-state index contributed by atoms with van der Waals surface area (Å²) in [6, 6.07) is 7.98. The van der Waals surface area contributed by atoms with Gasteiger partial charge in [-0.1, -0.05) is 19.1 Å². The molecule has 0 aliphatic carbocycles. The molecule has 6 heteroatoms. The molecule has 0 atom stereocenters. The molecule has 0 radical (unpaired) electrons. The third-order valence-corrected chi connectivity index (χ3v) is 4.52. The molecule has 5 nitrogen and oxygen atoms in total. The van der Waals surface area contributed by atoms with Gasteiger partial charge in [-0.05, 0) is 31.0 Å². The van der Waals surface area contributed by atoms with E-state index in [1.807, 2.05) is 18.2 Å². The predicted molar refractivity (Wildman–Crippen MR) is 101 cm³/mol. The van der Waals surface area contributed by atoms with Crippen LogP contribution in [0, 0.1) is 0 Å². The molecular formula is C18H26N4OS. The lowest BCUT2D eigenvalue weighted by molar-refractivity contribution is 0.414. The summed E-state index contributed by atoms with van der Waals surface area (Å²) in [5.41, 5.74) is 2.27. The first-order chi connectivity index (χ1) is 11.7. The third kappa shape index (κ3) is 5.85. The van der Waals surface area contributed by atoms with Gasteiger partial charge in [0.15, 0.2) is 5.96 Å². The Labute approximate surface area is 148 Å². The lowest BCUT2D eigenvalue weighted by Crippen LogP contribution is -2.38. The molecule has 1 aromatic heterocycles. The van der Waals surface area contributed by atoms with Crippen molar-refractivity contribution in [3.8, 4) is 5.75 Å². The number of hydrogen-bond donors (Lipinski definition) is 2. The van der Waals surface area contributed by atoms with Crippen LogP contribution >= 0.6 is 11.3 Å². The molecule has 24 heavy (non-hydrogen) atoms. The normalized spacial score (nSPS) is 11.4. The molecule has 2 aromatic rings. The molecule has 2 rings (SSSR count). The highest BCUT2D eigenvalue weighted by Gasteiger charge is 2.02. The van der Waals surface area contributed by atoms with E-state index in [0.29, 0.717) is 6.54 Å². The van der Waals surface area contributed by atoms with Crippen LogP contribution in [0.25, 0.3) is 0 Å². The van der Waals surface area contributed by atoms with Crippen LogP contribution in [0.3, 0.4) is 0 Å². The fourth-order valence-electron chi connectivity index (χ4n) is 2.22. The van der Waals surface area contributed by atoms with E-state index in [-0.39, 0.29) is 0 Å².